The summed E-state index contributed by atoms with van der Waals surface area (Å²) in [5.41, 5.74) is 8.37. The van der Waals surface area contributed by atoms with E-state index in [1.165, 1.54) is 4.68 Å². The summed E-state index contributed by atoms with van der Waals surface area (Å²) in [6.45, 7) is 8.80. The Morgan fingerprint density at radius 3 is 2.70 bits per heavy atom. The molecule has 0 radical (unpaired) electrons. The number of fused-ring (bicyclic) bond motifs is 2. The molecule has 0 aliphatic rings. The van der Waals surface area contributed by atoms with Crippen LogP contribution in [0, 0.1) is 6.92 Å². The largest absolute Gasteiger partial charge is 0.343 e. The fourth-order valence-corrected chi connectivity index (χ4v) is 4.13. The van der Waals surface area contributed by atoms with Crippen molar-refractivity contribution >= 4 is 34.0 Å². The van der Waals surface area contributed by atoms with E-state index >= 15 is 0 Å². The molecule has 2 N–H and O–H groups in total. The molecule has 4 rings (SSSR count). The number of nitrogens with zero attached hydrogens (tertiary/aromatic N) is 6. The summed E-state index contributed by atoms with van der Waals surface area (Å²) in [6.07, 6.45) is 6.39. The fraction of sp³-hybridized carbons (Fsp3) is 0.360. The molecule has 0 bridgehead atoms. The molecule has 0 atom stereocenters. The van der Waals surface area contributed by atoms with Crippen molar-refractivity contribution in [3.8, 4) is 0 Å². The Labute approximate surface area is 193 Å². The normalized spacial score (nSPS) is 12.3. The average Bonchev–Trinajstić information content (AvgIpc) is 3.12. The zero-order valence-electron chi connectivity index (χ0n) is 19.9. The highest BCUT2D eigenvalue weighted by atomic mass is 16.1. The lowest BCUT2D eigenvalue weighted by Gasteiger charge is -2.27. The van der Waals surface area contributed by atoms with Crippen LogP contribution in [0.15, 0.2) is 47.4 Å². The van der Waals surface area contributed by atoms with Crippen molar-refractivity contribution in [2.75, 3.05) is 18.5 Å². The number of allylic oxidation sites excluding steroid dienone is 1. The minimum atomic E-state index is -0.414. The second kappa shape index (κ2) is 8.78. The van der Waals surface area contributed by atoms with Crippen molar-refractivity contribution in [3.63, 3.8) is 0 Å². The van der Waals surface area contributed by atoms with Crippen LogP contribution in [0.2, 0.25) is 0 Å². The predicted molar refractivity (Wildman–Crippen MR) is 135 cm³/mol. The Morgan fingerprint density at radius 2 is 1.97 bits per heavy atom. The topological polar surface area (TPSA) is 94.9 Å². The lowest BCUT2D eigenvalue weighted by molar-refractivity contribution is 0.515. The standard InChI is InChI=1S/C25H31N7O/c1-6-7-12-31-22-20(29-24(31)30(5)16-25(3,4)26)14-27-32(23(22)33)15-21-19-11-9-8-10-18(19)13-17(2)28-21/h7-14H,6,15-16,26H2,1-5H3/b12-7+. The van der Waals surface area contributed by atoms with Crippen molar-refractivity contribution in [1.29, 1.82) is 0 Å². The van der Waals surface area contributed by atoms with Gasteiger partial charge in [-0.05, 0) is 38.6 Å². The summed E-state index contributed by atoms with van der Waals surface area (Å²) in [7, 11) is 1.93. The number of aryl methyl sites for hydroxylation is 1. The predicted octanol–water partition coefficient (Wildman–Crippen LogP) is 3.55. The van der Waals surface area contributed by atoms with Crippen LogP contribution < -0.4 is 16.2 Å². The number of nitrogens with two attached hydrogens (primary N) is 1. The molecule has 8 nitrogen and oxygen atoms in total. The minimum absolute atomic E-state index is 0.209. The van der Waals surface area contributed by atoms with Gasteiger partial charge in [-0.25, -0.2) is 9.67 Å². The zero-order chi connectivity index (χ0) is 23.8. The summed E-state index contributed by atoms with van der Waals surface area (Å²) >= 11 is 0. The van der Waals surface area contributed by atoms with Gasteiger partial charge in [0, 0.05) is 36.4 Å². The molecule has 0 saturated carbocycles. The summed E-state index contributed by atoms with van der Waals surface area (Å²) < 4.78 is 3.30. The average molecular weight is 446 g/mol. The van der Waals surface area contributed by atoms with Crippen molar-refractivity contribution in [2.45, 2.75) is 46.2 Å². The van der Waals surface area contributed by atoms with Gasteiger partial charge in [0.25, 0.3) is 5.56 Å². The molecule has 172 valence electrons. The van der Waals surface area contributed by atoms with Crippen LogP contribution in [-0.2, 0) is 6.54 Å². The van der Waals surface area contributed by atoms with Gasteiger partial charge in [0.1, 0.15) is 11.0 Å². The Bertz CT molecular complexity index is 1390. The summed E-state index contributed by atoms with van der Waals surface area (Å²) in [5, 5.41) is 6.54. The van der Waals surface area contributed by atoms with Crippen molar-refractivity contribution in [2.24, 2.45) is 5.73 Å². The van der Waals surface area contributed by atoms with E-state index in [1.54, 1.807) is 6.20 Å². The number of anilines is 1. The van der Waals surface area contributed by atoms with E-state index in [2.05, 4.69) is 18.1 Å². The van der Waals surface area contributed by atoms with Crippen LogP contribution in [0.3, 0.4) is 0 Å². The number of likely N-dealkylation sites (N-methyl/N-ethyl adjacent to an activating group) is 1. The van der Waals surface area contributed by atoms with Crippen LogP contribution in [0.5, 0.6) is 0 Å². The van der Waals surface area contributed by atoms with Gasteiger partial charge in [-0.1, -0.05) is 37.3 Å². The number of aromatic nitrogens is 5. The molecule has 0 unspecified atom stereocenters. The first-order valence-corrected chi connectivity index (χ1v) is 11.2. The minimum Gasteiger partial charge on any atom is -0.343 e. The van der Waals surface area contributed by atoms with Crippen molar-refractivity contribution in [3.05, 3.63) is 64.3 Å². The Morgan fingerprint density at radius 1 is 1.21 bits per heavy atom. The fourth-order valence-electron chi connectivity index (χ4n) is 4.13. The third-order valence-electron chi connectivity index (χ3n) is 5.40. The molecule has 3 aromatic heterocycles. The number of rotatable bonds is 7. The second-order valence-corrected chi connectivity index (χ2v) is 9.19. The highest BCUT2D eigenvalue weighted by Gasteiger charge is 2.21. The maximum Gasteiger partial charge on any atom is 0.293 e. The van der Waals surface area contributed by atoms with Crippen LogP contribution in [0.4, 0.5) is 5.95 Å². The van der Waals surface area contributed by atoms with Crippen LogP contribution in [0.1, 0.15) is 38.6 Å². The second-order valence-electron chi connectivity index (χ2n) is 9.19. The molecule has 33 heavy (non-hydrogen) atoms. The van der Waals surface area contributed by atoms with E-state index < -0.39 is 5.54 Å². The van der Waals surface area contributed by atoms with E-state index in [0.717, 1.165) is 28.6 Å². The lowest BCUT2D eigenvalue weighted by Crippen LogP contribution is -2.44. The molecule has 3 heterocycles. The van der Waals surface area contributed by atoms with Gasteiger partial charge in [-0.15, -0.1) is 0 Å². The zero-order valence-corrected chi connectivity index (χ0v) is 19.9. The van der Waals surface area contributed by atoms with Crippen molar-refractivity contribution in [1.82, 2.24) is 24.3 Å². The Kier molecular flexibility index (Phi) is 6.03. The molecule has 0 spiro atoms. The van der Waals surface area contributed by atoms with Gasteiger partial charge >= 0.3 is 0 Å². The monoisotopic (exact) mass is 445 g/mol. The lowest BCUT2D eigenvalue weighted by atomic mass is 10.1. The van der Waals surface area contributed by atoms with Gasteiger partial charge in [0.05, 0.1) is 18.4 Å². The summed E-state index contributed by atoms with van der Waals surface area (Å²) in [6, 6.07) is 10.1. The molecule has 0 saturated heterocycles. The molecule has 8 heteroatoms. The Balaban J connectivity index is 1.85. The quantitative estimate of drug-likeness (QED) is 0.467. The number of pyridine rings is 1. The molecule has 4 aromatic rings. The van der Waals surface area contributed by atoms with Gasteiger partial charge in [-0.3, -0.25) is 14.3 Å². The van der Waals surface area contributed by atoms with E-state index in [4.69, 9.17) is 15.7 Å². The SMILES string of the molecule is CC/C=C/n1c(N(C)CC(C)(C)N)nc2cnn(Cc3nc(C)cc4ccccc34)c(=O)c21. The smallest absolute Gasteiger partial charge is 0.293 e. The van der Waals surface area contributed by atoms with Crippen LogP contribution in [-0.4, -0.2) is 43.4 Å². The maximum absolute atomic E-state index is 13.6. The molecule has 0 fully saturated rings. The first kappa shape index (κ1) is 22.7. The third-order valence-corrected chi connectivity index (χ3v) is 5.40. The van der Waals surface area contributed by atoms with Gasteiger partial charge in [0.15, 0.2) is 0 Å². The van der Waals surface area contributed by atoms with E-state index in [0.29, 0.717) is 23.5 Å². The number of imidazole rings is 1. The molecular weight excluding hydrogens is 414 g/mol. The number of benzene rings is 1. The highest BCUT2D eigenvalue weighted by molar-refractivity contribution is 5.85. The number of hydrogen-bond acceptors (Lipinski definition) is 6. The van der Waals surface area contributed by atoms with Crippen LogP contribution in [0.25, 0.3) is 28.0 Å². The molecule has 0 aliphatic heterocycles. The van der Waals surface area contributed by atoms with Gasteiger partial charge in [-0.2, -0.15) is 5.10 Å². The first-order chi connectivity index (χ1) is 15.7. The van der Waals surface area contributed by atoms with E-state index in [-0.39, 0.29) is 12.1 Å². The summed E-state index contributed by atoms with van der Waals surface area (Å²) in [5.74, 6) is 0.656. The molecule has 0 amide bonds. The molecular formula is C25H31N7O. The molecule has 0 aliphatic carbocycles. The molecule has 1 aromatic carbocycles. The first-order valence-electron chi connectivity index (χ1n) is 11.2. The van der Waals surface area contributed by atoms with E-state index in [1.807, 2.05) is 73.8 Å². The third kappa shape index (κ3) is 4.66. The number of hydrogen-bond donors (Lipinski definition) is 1. The van der Waals surface area contributed by atoms with E-state index in [9.17, 15) is 4.79 Å². The van der Waals surface area contributed by atoms with Crippen molar-refractivity contribution < 1.29 is 0 Å². The highest BCUT2D eigenvalue weighted by Crippen LogP contribution is 2.22. The van der Waals surface area contributed by atoms with Gasteiger partial charge < -0.3 is 10.6 Å². The van der Waals surface area contributed by atoms with Crippen LogP contribution >= 0.6 is 0 Å². The summed E-state index contributed by atoms with van der Waals surface area (Å²) in [4.78, 5) is 25.0. The Hall–Kier alpha value is -3.52. The van der Waals surface area contributed by atoms with Gasteiger partial charge in [0.2, 0.25) is 5.95 Å². The maximum atomic E-state index is 13.6.